The number of aryl methyl sites for hydroxylation is 1. The molecule has 2 aromatic carbocycles. The summed E-state index contributed by atoms with van der Waals surface area (Å²) in [6, 6.07) is 18.4. The van der Waals surface area contributed by atoms with E-state index >= 15 is 0 Å². The minimum absolute atomic E-state index is 0.321. The molecule has 0 saturated heterocycles. The van der Waals surface area contributed by atoms with Crippen LogP contribution in [-0.4, -0.2) is 42.0 Å². The molecule has 0 fully saturated rings. The first-order valence-electron chi connectivity index (χ1n) is 12.2. The molecule has 0 N–H and O–H groups in total. The van der Waals surface area contributed by atoms with E-state index < -0.39 is 8.07 Å². The standard InChI is InChI=1S/C28H33N3O4Si/c1-6-34-28(32)25-18-22-17-24(11-12-26(22)30-20(25)2)35-23-9-7-21(8-10-23)27-13-14-29-31(27)19-33-15-16-36(3,4)5/h7-14,17-18H,6,15-16,19H2,1-5H3. The van der Waals surface area contributed by atoms with Gasteiger partial charge in [-0.25, -0.2) is 9.48 Å². The van der Waals surface area contributed by atoms with E-state index in [1.165, 1.54) is 0 Å². The van der Waals surface area contributed by atoms with Gasteiger partial charge in [0.15, 0.2) is 0 Å². The van der Waals surface area contributed by atoms with E-state index in [4.69, 9.17) is 14.2 Å². The Labute approximate surface area is 213 Å². The second kappa shape index (κ2) is 11.1. The summed E-state index contributed by atoms with van der Waals surface area (Å²) in [5.74, 6) is 1.00. The van der Waals surface area contributed by atoms with Crippen molar-refractivity contribution < 1.29 is 19.0 Å². The van der Waals surface area contributed by atoms with Gasteiger partial charge in [0, 0.05) is 31.8 Å². The smallest absolute Gasteiger partial charge is 0.339 e. The lowest BCUT2D eigenvalue weighted by molar-refractivity contribution is 0.0525. The summed E-state index contributed by atoms with van der Waals surface area (Å²) in [6.07, 6.45) is 1.79. The molecule has 0 atom stereocenters. The van der Waals surface area contributed by atoms with E-state index in [2.05, 4.69) is 29.7 Å². The monoisotopic (exact) mass is 503 g/mol. The van der Waals surface area contributed by atoms with E-state index in [-0.39, 0.29) is 5.97 Å². The van der Waals surface area contributed by atoms with Crippen LogP contribution in [0.25, 0.3) is 22.2 Å². The summed E-state index contributed by atoms with van der Waals surface area (Å²) in [5, 5.41) is 5.23. The van der Waals surface area contributed by atoms with Gasteiger partial charge in [-0.15, -0.1) is 0 Å². The number of hydrogen-bond acceptors (Lipinski definition) is 6. The number of ether oxygens (including phenoxy) is 3. The van der Waals surface area contributed by atoms with Crippen LogP contribution < -0.4 is 4.74 Å². The van der Waals surface area contributed by atoms with E-state index in [0.29, 0.717) is 36.1 Å². The summed E-state index contributed by atoms with van der Waals surface area (Å²) in [6.45, 7) is 12.1. The van der Waals surface area contributed by atoms with Crippen molar-refractivity contribution in [2.45, 2.75) is 46.3 Å². The number of hydrogen-bond donors (Lipinski definition) is 0. The Bertz CT molecular complexity index is 1340. The third kappa shape index (κ3) is 6.38. The van der Waals surface area contributed by atoms with Gasteiger partial charge in [0.25, 0.3) is 0 Å². The van der Waals surface area contributed by atoms with Gasteiger partial charge in [-0.2, -0.15) is 5.10 Å². The molecule has 4 aromatic rings. The maximum Gasteiger partial charge on any atom is 0.339 e. The molecular weight excluding hydrogens is 470 g/mol. The van der Waals surface area contributed by atoms with Gasteiger partial charge in [-0.05, 0) is 74.5 Å². The van der Waals surface area contributed by atoms with Gasteiger partial charge < -0.3 is 14.2 Å². The first-order chi connectivity index (χ1) is 17.2. The zero-order valence-corrected chi connectivity index (χ0v) is 22.6. The van der Waals surface area contributed by atoms with Crippen LogP contribution in [0.1, 0.15) is 23.0 Å². The topological polar surface area (TPSA) is 75.5 Å². The Hall–Kier alpha value is -3.49. The number of rotatable bonds is 10. The highest BCUT2D eigenvalue weighted by molar-refractivity contribution is 6.76. The van der Waals surface area contributed by atoms with Crippen molar-refractivity contribution >= 4 is 24.9 Å². The molecule has 0 spiro atoms. The third-order valence-corrected chi connectivity index (χ3v) is 7.49. The van der Waals surface area contributed by atoms with E-state index in [1.807, 2.05) is 60.1 Å². The number of fused-ring (bicyclic) bond motifs is 1. The Balaban J connectivity index is 1.46. The average Bonchev–Trinajstić information content (AvgIpc) is 3.30. The van der Waals surface area contributed by atoms with E-state index in [1.54, 1.807) is 19.2 Å². The highest BCUT2D eigenvalue weighted by Gasteiger charge is 2.14. The Morgan fingerprint density at radius 3 is 2.47 bits per heavy atom. The molecule has 0 amide bonds. The highest BCUT2D eigenvalue weighted by Crippen LogP contribution is 2.28. The first-order valence-corrected chi connectivity index (χ1v) is 15.9. The molecule has 0 radical (unpaired) electrons. The van der Waals surface area contributed by atoms with Crippen LogP contribution in [0.4, 0.5) is 0 Å². The molecule has 8 heteroatoms. The molecule has 0 aliphatic carbocycles. The summed E-state index contributed by atoms with van der Waals surface area (Å²) in [5.41, 5.74) is 3.93. The lowest BCUT2D eigenvalue weighted by atomic mass is 10.1. The molecule has 4 rings (SSSR count). The zero-order valence-electron chi connectivity index (χ0n) is 21.6. The van der Waals surface area contributed by atoms with Crippen molar-refractivity contribution in [3.63, 3.8) is 0 Å². The van der Waals surface area contributed by atoms with Gasteiger partial charge in [-0.1, -0.05) is 19.6 Å². The molecule has 0 aliphatic rings. The fraction of sp³-hybridized carbons (Fsp3) is 0.321. The van der Waals surface area contributed by atoms with E-state index in [0.717, 1.165) is 34.8 Å². The molecule has 188 valence electrons. The lowest BCUT2D eigenvalue weighted by Gasteiger charge is -2.16. The molecule has 2 heterocycles. The lowest BCUT2D eigenvalue weighted by Crippen LogP contribution is -2.22. The van der Waals surface area contributed by atoms with Crippen LogP contribution in [0.2, 0.25) is 25.7 Å². The van der Waals surface area contributed by atoms with Crippen molar-refractivity contribution in [2.75, 3.05) is 13.2 Å². The zero-order chi connectivity index (χ0) is 25.7. The van der Waals surface area contributed by atoms with Crippen LogP contribution >= 0.6 is 0 Å². The summed E-state index contributed by atoms with van der Waals surface area (Å²) in [7, 11) is -1.12. The molecule has 2 aromatic heterocycles. The number of nitrogens with zero attached hydrogens (tertiary/aromatic N) is 3. The number of benzene rings is 2. The number of pyridine rings is 1. The average molecular weight is 504 g/mol. The first kappa shape index (κ1) is 25.6. The third-order valence-electron chi connectivity index (χ3n) is 5.78. The second-order valence-electron chi connectivity index (χ2n) is 9.89. The van der Waals surface area contributed by atoms with Gasteiger partial charge in [0.2, 0.25) is 0 Å². The van der Waals surface area contributed by atoms with Gasteiger partial charge in [0.05, 0.1) is 29.1 Å². The summed E-state index contributed by atoms with van der Waals surface area (Å²) >= 11 is 0. The van der Waals surface area contributed by atoms with Crippen LogP contribution in [-0.2, 0) is 16.2 Å². The molecular formula is C28H33N3O4Si. The van der Waals surface area contributed by atoms with Crippen molar-refractivity contribution in [1.82, 2.24) is 14.8 Å². The fourth-order valence-corrected chi connectivity index (χ4v) is 4.53. The largest absolute Gasteiger partial charge is 0.462 e. The predicted molar refractivity (Wildman–Crippen MR) is 144 cm³/mol. The van der Waals surface area contributed by atoms with Gasteiger partial charge in [-0.3, -0.25) is 4.98 Å². The Kier molecular flexibility index (Phi) is 7.86. The summed E-state index contributed by atoms with van der Waals surface area (Å²) in [4.78, 5) is 16.8. The fourth-order valence-electron chi connectivity index (χ4n) is 3.77. The Morgan fingerprint density at radius 2 is 1.75 bits per heavy atom. The summed E-state index contributed by atoms with van der Waals surface area (Å²) < 4.78 is 19.0. The Morgan fingerprint density at radius 1 is 1.00 bits per heavy atom. The number of esters is 1. The molecule has 0 bridgehead atoms. The quantitative estimate of drug-likeness (QED) is 0.136. The molecule has 0 aliphatic heterocycles. The number of aromatic nitrogens is 3. The SMILES string of the molecule is CCOC(=O)c1cc2cc(Oc3ccc(-c4ccnn4COCC[Si](C)(C)C)cc3)ccc2nc1C. The normalized spacial score (nSPS) is 11.6. The van der Waals surface area contributed by atoms with Crippen LogP contribution in [0.5, 0.6) is 11.5 Å². The van der Waals surface area contributed by atoms with Crippen LogP contribution in [0.15, 0.2) is 60.8 Å². The maximum atomic E-state index is 12.2. The molecule has 0 unspecified atom stereocenters. The maximum absolute atomic E-state index is 12.2. The number of carbonyl (C=O) groups is 1. The van der Waals surface area contributed by atoms with Crippen molar-refractivity contribution in [2.24, 2.45) is 0 Å². The second-order valence-corrected chi connectivity index (χ2v) is 15.5. The van der Waals surface area contributed by atoms with Gasteiger partial charge in [0.1, 0.15) is 18.2 Å². The van der Waals surface area contributed by atoms with E-state index in [9.17, 15) is 4.79 Å². The molecule has 36 heavy (non-hydrogen) atoms. The van der Waals surface area contributed by atoms with Crippen molar-refractivity contribution in [1.29, 1.82) is 0 Å². The highest BCUT2D eigenvalue weighted by atomic mass is 28.3. The number of carbonyl (C=O) groups excluding carboxylic acids is 1. The minimum atomic E-state index is -1.12. The van der Waals surface area contributed by atoms with Gasteiger partial charge >= 0.3 is 5.97 Å². The van der Waals surface area contributed by atoms with Crippen molar-refractivity contribution in [3.8, 4) is 22.8 Å². The van der Waals surface area contributed by atoms with Crippen LogP contribution in [0, 0.1) is 6.92 Å². The van der Waals surface area contributed by atoms with Crippen molar-refractivity contribution in [3.05, 3.63) is 72.1 Å². The minimum Gasteiger partial charge on any atom is -0.462 e. The molecule has 7 nitrogen and oxygen atoms in total. The molecule has 0 saturated carbocycles. The predicted octanol–water partition coefficient (Wildman–Crippen LogP) is 6.69. The van der Waals surface area contributed by atoms with Crippen LogP contribution in [0.3, 0.4) is 0 Å².